The van der Waals surface area contributed by atoms with Crippen molar-refractivity contribution in [3.8, 4) is 0 Å². The van der Waals surface area contributed by atoms with Crippen LogP contribution in [0.15, 0.2) is 0 Å². The lowest BCUT2D eigenvalue weighted by Gasteiger charge is -2.37. The van der Waals surface area contributed by atoms with E-state index in [9.17, 15) is 9.59 Å². The first-order valence-corrected chi connectivity index (χ1v) is 5.05. The van der Waals surface area contributed by atoms with Gasteiger partial charge in [0.15, 0.2) is 0 Å². The third kappa shape index (κ3) is 1.66. The van der Waals surface area contributed by atoms with Gasteiger partial charge < -0.3 is 4.79 Å². The van der Waals surface area contributed by atoms with Gasteiger partial charge in [0, 0.05) is 6.42 Å². The van der Waals surface area contributed by atoms with E-state index in [2.05, 4.69) is 5.32 Å². The molecule has 3 nitrogen and oxygen atoms in total. The lowest BCUT2D eigenvalue weighted by atomic mass is 9.77. The minimum absolute atomic E-state index is 0.0160. The molecule has 0 radical (unpaired) electrons. The highest BCUT2D eigenvalue weighted by Crippen LogP contribution is 2.29. The Morgan fingerprint density at radius 3 is 2.92 bits per heavy atom. The Bertz CT molecular complexity index is 227. The number of aldehydes is 1. The lowest BCUT2D eigenvalue weighted by Crippen LogP contribution is -2.53. The summed E-state index contributed by atoms with van der Waals surface area (Å²) in [5, 5.41) is 3.14. The number of carbonyl (C=O) groups excluding carboxylic acids is 2. The van der Waals surface area contributed by atoms with Gasteiger partial charge in [0.2, 0.25) is 0 Å². The minimum Gasteiger partial charge on any atom is -0.302 e. The van der Waals surface area contributed by atoms with Gasteiger partial charge in [-0.2, -0.15) is 0 Å². The molecule has 0 bridgehead atoms. The molecule has 1 heterocycles. The van der Waals surface area contributed by atoms with Crippen LogP contribution in [0.25, 0.3) is 0 Å². The lowest BCUT2D eigenvalue weighted by molar-refractivity contribution is -0.126. The van der Waals surface area contributed by atoms with Gasteiger partial charge in [-0.3, -0.25) is 10.1 Å². The zero-order valence-electron chi connectivity index (χ0n) is 7.66. The largest absolute Gasteiger partial charge is 0.302 e. The van der Waals surface area contributed by atoms with E-state index in [-0.39, 0.29) is 12.1 Å². The molecule has 2 rings (SSSR count). The number of piperidine rings is 1. The van der Waals surface area contributed by atoms with Gasteiger partial charge in [-0.25, -0.2) is 0 Å². The maximum absolute atomic E-state index is 11.5. The van der Waals surface area contributed by atoms with Crippen molar-refractivity contribution >= 4 is 12.1 Å². The second-order valence-corrected chi connectivity index (χ2v) is 4.08. The van der Waals surface area contributed by atoms with Crippen LogP contribution in [-0.4, -0.2) is 24.2 Å². The van der Waals surface area contributed by atoms with E-state index in [0.29, 0.717) is 18.1 Å². The monoisotopic (exact) mass is 181 g/mol. The fourth-order valence-corrected chi connectivity index (χ4v) is 2.48. The summed E-state index contributed by atoms with van der Waals surface area (Å²) in [5.41, 5.74) is 0. The first-order chi connectivity index (χ1) is 6.31. The zero-order valence-corrected chi connectivity index (χ0v) is 7.66. The number of Topliss-reactive ketones (excluding diaryl/α,β-unsaturated/α-hetero) is 1. The van der Waals surface area contributed by atoms with Crippen molar-refractivity contribution < 1.29 is 9.59 Å². The summed E-state index contributed by atoms with van der Waals surface area (Å²) in [6.45, 7) is 0. The molecule has 0 amide bonds. The number of hydrogen-bond acceptors (Lipinski definition) is 3. The summed E-state index contributed by atoms with van der Waals surface area (Å²) in [6, 6.07) is -0.0963. The smallest absolute Gasteiger partial charge is 0.150 e. The summed E-state index contributed by atoms with van der Waals surface area (Å²) in [5.74, 6) is 0.806. The second-order valence-electron chi connectivity index (χ2n) is 4.08. The molecule has 72 valence electrons. The van der Waals surface area contributed by atoms with Gasteiger partial charge in [-0.15, -0.1) is 0 Å². The topological polar surface area (TPSA) is 46.2 Å². The molecular formula is C10H15NO2. The van der Waals surface area contributed by atoms with Crippen LogP contribution in [0.3, 0.4) is 0 Å². The van der Waals surface area contributed by atoms with Crippen LogP contribution in [0.5, 0.6) is 0 Å². The number of rotatable bonds is 1. The maximum Gasteiger partial charge on any atom is 0.150 e. The van der Waals surface area contributed by atoms with E-state index >= 15 is 0 Å². The summed E-state index contributed by atoms with van der Waals surface area (Å²) >= 11 is 0. The SMILES string of the molecule is O=CC1CCC2CCCC(=O)C2N1. The first-order valence-electron chi connectivity index (χ1n) is 5.05. The van der Waals surface area contributed by atoms with Crippen molar-refractivity contribution in [3.63, 3.8) is 0 Å². The van der Waals surface area contributed by atoms with E-state index in [1.165, 1.54) is 0 Å². The quantitative estimate of drug-likeness (QED) is 0.605. The van der Waals surface area contributed by atoms with Gasteiger partial charge >= 0.3 is 0 Å². The molecule has 1 aliphatic heterocycles. The standard InChI is InChI=1S/C10H15NO2/c12-6-8-5-4-7-2-1-3-9(13)10(7)11-8/h6-8,10-11H,1-5H2. The normalized spacial score (nSPS) is 39.7. The van der Waals surface area contributed by atoms with E-state index in [0.717, 1.165) is 32.0 Å². The molecule has 3 heteroatoms. The molecule has 0 spiro atoms. The fourth-order valence-electron chi connectivity index (χ4n) is 2.48. The first kappa shape index (κ1) is 8.88. The fraction of sp³-hybridized carbons (Fsp3) is 0.800. The predicted octanol–water partition coefficient (Wildman–Crippen LogP) is 0.675. The van der Waals surface area contributed by atoms with Crippen molar-refractivity contribution in [3.05, 3.63) is 0 Å². The van der Waals surface area contributed by atoms with Crippen LogP contribution in [-0.2, 0) is 9.59 Å². The van der Waals surface area contributed by atoms with Gasteiger partial charge in [0.25, 0.3) is 0 Å². The van der Waals surface area contributed by atoms with Gasteiger partial charge in [-0.1, -0.05) is 0 Å². The highest BCUT2D eigenvalue weighted by atomic mass is 16.1. The number of hydrogen-bond donors (Lipinski definition) is 1. The average molecular weight is 181 g/mol. The van der Waals surface area contributed by atoms with E-state index in [1.807, 2.05) is 0 Å². The highest BCUT2D eigenvalue weighted by Gasteiger charge is 2.36. The van der Waals surface area contributed by atoms with Crippen LogP contribution in [0.1, 0.15) is 32.1 Å². The van der Waals surface area contributed by atoms with Crippen LogP contribution >= 0.6 is 0 Å². The predicted molar refractivity (Wildman–Crippen MR) is 48.4 cm³/mol. The van der Waals surface area contributed by atoms with Crippen molar-refractivity contribution in [2.24, 2.45) is 5.92 Å². The molecule has 1 saturated heterocycles. The minimum atomic E-state index is -0.0803. The van der Waals surface area contributed by atoms with E-state index in [4.69, 9.17) is 0 Å². The summed E-state index contributed by atoms with van der Waals surface area (Å²) < 4.78 is 0. The van der Waals surface area contributed by atoms with Gasteiger partial charge in [-0.05, 0) is 31.6 Å². The Kier molecular flexibility index (Phi) is 2.44. The van der Waals surface area contributed by atoms with Crippen LogP contribution < -0.4 is 5.32 Å². The maximum atomic E-state index is 11.5. The van der Waals surface area contributed by atoms with Crippen LogP contribution in [0, 0.1) is 5.92 Å². The summed E-state index contributed by atoms with van der Waals surface area (Å²) in [4.78, 5) is 22.1. The Morgan fingerprint density at radius 2 is 2.15 bits per heavy atom. The van der Waals surface area contributed by atoms with Gasteiger partial charge in [0.05, 0.1) is 12.1 Å². The Labute approximate surface area is 77.9 Å². The number of fused-ring (bicyclic) bond motifs is 1. The molecule has 0 aromatic carbocycles. The molecule has 1 aliphatic carbocycles. The molecular weight excluding hydrogens is 166 g/mol. The summed E-state index contributed by atoms with van der Waals surface area (Å²) in [7, 11) is 0. The molecule has 3 unspecified atom stereocenters. The molecule has 0 aromatic heterocycles. The molecule has 3 atom stereocenters. The third-order valence-electron chi connectivity index (χ3n) is 3.22. The molecule has 1 N–H and O–H groups in total. The molecule has 1 saturated carbocycles. The number of carbonyl (C=O) groups is 2. The van der Waals surface area contributed by atoms with Crippen LogP contribution in [0.4, 0.5) is 0 Å². The molecule has 0 aromatic rings. The summed E-state index contributed by atoms with van der Waals surface area (Å²) in [6.07, 6.45) is 5.74. The second kappa shape index (κ2) is 3.58. The van der Waals surface area contributed by atoms with Crippen molar-refractivity contribution in [2.45, 2.75) is 44.2 Å². The number of ketones is 1. The van der Waals surface area contributed by atoms with Crippen molar-refractivity contribution in [1.29, 1.82) is 0 Å². The van der Waals surface area contributed by atoms with E-state index in [1.54, 1.807) is 0 Å². The van der Waals surface area contributed by atoms with Crippen molar-refractivity contribution in [1.82, 2.24) is 5.32 Å². The third-order valence-corrected chi connectivity index (χ3v) is 3.22. The molecule has 13 heavy (non-hydrogen) atoms. The zero-order chi connectivity index (χ0) is 9.26. The van der Waals surface area contributed by atoms with E-state index < -0.39 is 0 Å². The Hall–Kier alpha value is -0.700. The molecule has 2 aliphatic rings. The van der Waals surface area contributed by atoms with Gasteiger partial charge in [0.1, 0.15) is 12.1 Å². The Morgan fingerprint density at radius 1 is 1.31 bits per heavy atom. The van der Waals surface area contributed by atoms with Crippen molar-refractivity contribution in [2.75, 3.05) is 0 Å². The highest BCUT2D eigenvalue weighted by molar-refractivity contribution is 5.85. The average Bonchev–Trinajstić information content (AvgIpc) is 2.18. The molecule has 2 fully saturated rings. The van der Waals surface area contributed by atoms with Crippen LogP contribution in [0.2, 0.25) is 0 Å². The number of nitrogens with one attached hydrogen (secondary N) is 1. The Balaban J connectivity index is 2.05.